The minimum Gasteiger partial charge on any atom is -0.496 e. The Morgan fingerprint density at radius 1 is 1.03 bits per heavy atom. The maximum atomic E-state index is 13.3. The lowest BCUT2D eigenvalue weighted by Gasteiger charge is -2.43. The van der Waals surface area contributed by atoms with Gasteiger partial charge in [-0.25, -0.2) is 0 Å². The van der Waals surface area contributed by atoms with Gasteiger partial charge >= 0.3 is 0 Å². The van der Waals surface area contributed by atoms with Crippen molar-refractivity contribution in [3.63, 3.8) is 0 Å². The van der Waals surface area contributed by atoms with E-state index in [9.17, 15) is 14.4 Å². The molecular formula is C25H29N3O4. The zero-order valence-corrected chi connectivity index (χ0v) is 18.4. The molecule has 3 atom stereocenters. The third-order valence-corrected chi connectivity index (χ3v) is 7.20. The van der Waals surface area contributed by atoms with Crippen LogP contribution >= 0.6 is 0 Å². The first kappa shape index (κ1) is 20.8. The van der Waals surface area contributed by atoms with Gasteiger partial charge in [0.25, 0.3) is 5.56 Å². The van der Waals surface area contributed by atoms with E-state index in [0.29, 0.717) is 45.1 Å². The Labute approximate surface area is 187 Å². The fraction of sp³-hybridized carbons (Fsp3) is 0.480. The Morgan fingerprint density at radius 2 is 1.88 bits per heavy atom. The van der Waals surface area contributed by atoms with Gasteiger partial charge in [-0.1, -0.05) is 24.3 Å². The highest BCUT2D eigenvalue weighted by Gasteiger charge is 2.41. The first-order valence-corrected chi connectivity index (χ1v) is 11.4. The normalized spacial score (nSPS) is 24.4. The zero-order valence-electron chi connectivity index (χ0n) is 18.4. The number of pyridine rings is 1. The van der Waals surface area contributed by atoms with Crippen LogP contribution in [-0.4, -0.2) is 59.5 Å². The summed E-state index contributed by atoms with van der Waals surface area (Å²) in [5.41, 5.74) is 2.14. The number of aromatic nitrogens is 1. The molecule has 2 saturated heterocycles. The summed E-state index contributed by atoms with van der Waals surface area (Å²) in [5.74, 6) is 1.16. The van der Waals surface area contributed by atoms with E-state index in [1.54, 1.807) is 13.2 Å². The van der Waals surface area contributed by atoms with Crippen molar-refractivity contribution in [2.75, 3.05) is 33.3 Å². The lowest BCUT2D eigenvalue weighted by molar-refractivity contribution is -0.138. The highest BCUT2D eigenvalue weighted by atomic mass is 16.5. The first-order chi connectivity index (χ1) is 15.5. The number of hydrogen-bond acceptors (Lipinski definition) is 4. The van der Waals surface area contributed by atoms with Crippen LogP contribution in [0.4, 0.5) is 0 Å². The van der Waals surface area contributed by atoms with Crippen LogP contribution in [0.1, 0.15) is 30.0 Å². The van der Waals surface area contributed by atoms with Crippen molar-refractivity contribution in [2.24, 2.45) is 11.8 Å². The number of carbonyl (C=O) groups is 2. The van der Waals surface area contributed by atoms with Crippen molar-refractivity contribution >= 4 is 11.8 Å². The topological polar surface area (TPSA) is 71.8 Å². The molecule has 3 aliphatic rings. The molecule has 7 heteroatoms. The molecule has 1 unspecified atom stereocenters. The Morgan fingerprint density at radius 3 is 2.72 bits per heavy atom. The average Bonchev–Trinajstić information content (AvgIpc) is 3.18. The number of nitrogens with zero attached hydrogens (tertiary/aromatic N) is 3. The molecule has 2 aromatic rings. The minimum atomic E-state index is -0.281. The number of hydrogen-bond donors (Lipinski definition) is 0. The van der Waals surface area contributed by atoms with Gasteiger partial charge in [-0.3, -0.25) is 14.4 Å². The van der Waals surface area contributed by atoms with Gasteiger partial charge in [-0.2, -0.15) is 0 Å². The second-order valence-electron chi connectivity index (χ2n) is 9.24. The third kappa shape index (κ3) is 3.80. The van der Waals surface area contributed by atoms with Crippen LogP contribution in [0, 0.1) is 11.8 Å². The van der Waals surface area contributed by atoms with Gasteiger partial charge in [0.2, 0.25) is 11.8 Å². The van der Waals surface area contributed by atoms with Gasteiger partial charge in [-0.15, -0.1) is 0 Å². The predicted molar refractivity (Wildman–Crippen MR) is 120 cm³/mol. The molecule has 168 valence electrons. The maximum absolute atomic E-state index is 13.3. The molecule has 5 rings (SSSR count). The van der Waals surface area contributed by atoms with Gasteiger partial charge in [0.1, 0.15) is 5.75 Å². The summed E-state index contributed by atoms with van der Waals surface area (Å²) in [6.07, 6.45) is 2.00. The standard InChI is InChI=1S/C25H29N3O4/c1-32-22-7-3-2-5-18(22)9-10-26-16-20(12-24(26)30)25(31)27-13-17-11-19(15-27)21-6-4-8-23(29)28(21)14-17/h2-8,17,19-20H,9-16H2,1H3/t17-,19+,20?/m1/s1. The van der Waals surface area contributed by atoms with E-state index in [4.69, 9.17) is 4.74 Å². The number of ether oxygens (including phenoxy) is 1. The molecule has 2 amide bonds. The summed E-state index contributed by atoms with van der Waals surface area (Å²) >= 11 is 0. The smallest absolute Gasteiger partial charge is 0.250 e. The van der Waals surface area contributed by atoms with E-state index < -0.39 is 0 Å². The summed E-state index contributed by atoms with van der Waals surface area (Å²) in [7, 11) is 1.65. The molecule has 2 fully saturated rings. The molecule has 0 N–H and O–H groups in total. The van der Waals surface area contributed by atoms with Crippen LogP contribution < -0.4 is 10.3 Å². The molecule has 0 aliphatic carbocycles. The monoisotopic (exact) mass is 435 g/mol. The number of amides is 2. The molecule has 0 saturated carbocycles. The van der Waals surface area contributed by atoms with Crippen LogP contribution in [0.5, 0.6) is 5.75 Å². The molecule has 1 aromatic carbocycles. The van der Waals surface area contributed by atoms with Crippen molar-refractivity contribution < 1.29 is 14.3 Å². The van der Waals surface area contributed by atoms with E-state index in [0.717, 1.165) is 23.4 Å². The Balaban J connectivity index is 1.23. The number of piperidine rings is 1. The summed E-state index contributed by atoms with van der Waals surface area (Å²) < 4.78 is 7.28. The quantitative estimate of drug-likeness (QED) is 0.719. The van der Waals surface area contributed by atoms with Crippen molar-refractivity contribution in [3.8, 4) is 5.75 Å². The van der Waals surface area contributed by atoms with Crippen LogP contribution in [0.25, 0.3) is 0 Å². The van der Waals surface area contributed by atoms with Gasteiger partial charge in [0.05, 0.1) is 13.0 Å². The number of methoxy groups -OCH3 is 1. The second-order valence-corrected chi connectivity index (χ2v) is 9.24. The van der Waals surface area contributed by atoms with Gasteiger partial charge in [-0.05, 0) is 36.5 Å². The van der Waals surface area contributed by atoms with Crippen molar-refractivity contribution in [1.82, 2.24) is 14.4 Å². The minimum absolute atomic E-state index is 0.0454. The van der Waals surface area contributed by atoms with Gasteiger partial charge in [0.15, 0.2) is 0 Å². The third-order valence-electron chi connectivity index (χ3n) is 7.20. The number of para-hydroxylation sites is 1. The highest BCUT2D eigenvalue weighted by molar-refractivity contribution is 5.89. The molecule has 1 aromatic heterocycles. The zero-order chi connectivity index (χ0) is 22.2. The number of rotatable bonds is 5. The summed E-state index contributed by atoms with van der Waals surface area (Å²) in [4.78, 5) is 42.0. The Kier molecular flexibility index (Phi) is 5.49. The highest BCUT2D eigenvalue weighted by Crippen LogP contribution is 2.36. The fourth-order valence-corrected chi connectivity index (χ4v) is 5.65. The van der Waals surface area contributed by atoms with Crippen LogP contribution in [-0.2, 0) is 22.6 Å². The number of fused-ring (bicyclic) bond motifs is 4. The lowest BCUT2D eigenvalue weighted by atomic mass is 9.82. The number of carbonyl (C=O) groups excluding carboxylic acids is 2. The summed E-state index contributed by atoms with van der Waals surface area (Å²) in [6.45, 7) is 3.04. The number of likely N-dealkylation sites (tertiary alicyclic amines) is 2. The van der Waals surface area contributed by atoms with E-state index in [1.807, 2.05) is 50.8 Å². The maximum Gasteiger partial charge on any atom is 0.250 e. The Hall–Kier alpha value is -3.09. The number of benzene rings is 1. The van der Waals surface area contributed by atoms with E-state index >= 15 is 0 Å². The van der Waals surface area contributed by atoms with Crippen LogP contribution in [0.3, 0.4) is 0 Å². The van der Waals surface area contributed by atoms with Crippen molar-refractivity contribution in [3.05, 3.63) is 64.1 Å². The molecule has 7 nitrogen and oxygen atoms in total. The molecule has 0 spiro atoms. The summed E-state index contributed by atoms with van der Waals surface area (Å²) in [6, 6.07) is 13.3. The predicted octanol–water partition coefficient (Wildman–Crippen LogP) is 1.89. The molecule has 0 radical (unpaired) electrons. The lowest BCUT2D eigenvalue weighted by Crippen LogP contribution is -2.50. The van der Waals surface area contributed by atoms with Gasteiger partial charge in [0, 0.05) is 56.8 Å². The van der Waals surface area contributed by atoms with E-state index in [2.05, 4.69) is 0 Å². The van der Waals surface area contributed by atoms with Crippen LogP contribution in [0.15, 0.2) is 47.3 Å². The first-order valence-electron chi connectivity index (χ1n) is 11.4. The summed E-state index contributed by atoms with van der Waals surface area (Å²) in [5, 5.41) is 0. The molecule has 3 aliphatic heterocycles. The molecule has 32 heavy (non-hydrogen) atoms. The van der Waals surface area contributed by atoms with E-state index in [1.165, 1.54) is 0 Å². The van der Waals surface area contributed by atoms with Crippen LogP contribution in [0.2, 0.25) is 0 Å². The van der Waals surface area contributed by atoms with Crippen molar-refractivity contribution in [2.45, 2.75) is 31.7 Å². The molecule has 2 bridgehead atoms. The van der Waals surface area contributed by atoms with E-state index in [-0.39, 0.29) is 35.6 Å². The SMILES string of the molecule is COc1ccccc1CCN1CC(C(=O)N2C[C@H]3C[C@@H](C2)c2cccc(=O)n2C3)CC1=O. The largest absolute Gasteiger partial charge is 0.496 e. The fourth-order valence-electron chi connectivity index (χ4n) is 5.65. The average molecular weight is 436 g/mol. The van der Waals surface area contributed by atoms with Crippen molar-refractivity contribution in [1.29, 1.82) is 0 Å². The Bertz CT molecular complexity index is 1090. The molecular weight excluding hydrogens is 406 g/mol. The van der Waals surface area contributed by atoms with Gasteiger partial charge < -0.3 is 19.1 Å². The second kappa shape index (κ2) is 8.45. The molecule has 4 heterocycles.